The van der Waals surface area contributed by atoms with Crippen molar-refractivity contribution in [3.8, 4) is 11.5 Å². The van der Waals surface area contributed by atoms with Crippen LogP contribution in [0.2, 0.25) is 5.02 Å². The summed E-state index contributed by atoms with van der Waals surface area (Å²) in [6.07, 6.45) is 1.02. The van der Waals surface area contributed by atoms with Crippen LogP contribution in [0.15, 0.2) is 47.6 Å². The second-order valence-electron chi connectivity index (χ2n) is 5.08. The molecule has 2 rings (SSSR count). The Morgan fingerprint density at radius 3 is 2.54 bits per heavy atom. The van der Waals surface area contributed by atoms with E-state index in [1.165, 1.54) is 20.4 Å². The van der Waals surface area contributed by atoms with E-state index in [2.05, 4.69) is 15.8 Å². The molecule has 0 saturated heterocycles. The monoisotopic (exact) mass is 375 g/mol. The van der Waals surface area contributed by atoms with Gasteiger partial charge in [0.1, 0.15) is 6.42 Å². The number of rotatable bonds is 7. The first kappa shape index (κ1) is 19.3. The van der Waals surface area contributed by atoms with Crippen molar-refractivity contribution < 1.29 is 19.1 Å². The van der Waals surface area contributed by atoms with Crippen molar-refractivity contribution >= 4 is 35.3 Å². The van der Waals surface area contributed by atoms with Crippen LogP contribution in [0.5, 0.6) is 11.5 Å². The van der Waals surface area contributed by atoms with E-state index in [9.17, 15) is 9.59 Å². The van der Waals surface area contributed by atoms with Gasteiger partial charge in [0.25, 0.3) is 0 Å². The summed E-state index contributed by atoms with van der Waals surface area (Å²) < 4.78 is 10.4. The number of nitrogens with zero attached hydrogens (tertiary/aromatic N) is 1. The Kier molecular flexibility index (Phi) is 6.99. The van der Waals surface area contributed by atoms with Crippen LogP contribution in [0, 0.1) is 0 Å². The maximum atomic E-state index is 11.9. The van der Waals surface area contributed by atoms with Crippen molar-refractivity contribution in [2.45, 2.75) is 6.42 Å². The van der Waals surface area contributed by atoms with E-state index in [-0.39, 0.29) is 0 Å². The second kappa shape index (κ2) is 9.43. The third-order valence-corrected chi connectivity index (χ3v) is 3.62. The average molecular weight is 376 g/mol. The molecule has 26 heavy (non-hydrogen) atoms. The number of anilines is 1. The number of hydrogen-bond donors (Lipinski definition) is 2. The minimum absolute atomic E-state index is 0.391. The Balaban J connectivity index is 1.91. The molecule has 0 radical (unpaired) electrons. The lowest BCUT2D eigenvalue weighted by atomic mass is 10.2. The number of carbonyl (C=O) groups excluding carboxylic acids is 2. The van der Waals surface area contributed by atoms with Crippen LogP contribution in [0.1, 0.15) is 12.0 Å². The number of halogens is 1. The summed E-state index contributed by atoms with van der Waals surface area (Å²) in [7, 11) is 3.03. The largest absolute Gasteiger partial charge is 0.493 e. The fourth-order valence-electron chi connectivity index (χ4n) is 2.13. The van der Waals surface area contributed by atoms with Crippen LogP contribution >= 0.6 is 11.6 Å². The lowest BCUT2D eigenvalue weighted by Crippen LogP contribution is -2.24. The maximum absolute atomic E-state index is 11.9. The first-order valence-corrected chi connectivity index (χ1v) is 8.00. The SMILES string of the molecule is COc1cccc(C=NNC(=O)CC(=O)Nc2ccccc2Cl)c1OC. The Morgan fingerprint density at radius 1 is 1.08 bits per heavy atom. The van der Waals surface area contributed by atoms with E-state index in [4.69, 9.17) is 21.1 Å². The number of nitrogens with one attached hydrogen (secondary N) is 2. The van der Waals surface area contributed by atoms with E-state index < -0.39 is 18.2 Å². The lowest BCUT2D eigenvalue weighted by Gasteiger charge is -2.09. The summed E-state index contributed by atoms with van der Waals surface area (Å²) in [5.41, 5.74) is 3.35. The van der Waals surface area contributed by atoms with E-state index in [1.807, 2.05) is 0 Å². The molecule has 2 aromatic carbocycles. The molecule has 0 unspecified atom stereocenters. The smallest absolute Gasteiger partial charge is 0.249 e. The molecule has 0 aromatic heterocycles. The highest BCUT2D eigenvalue weighted by Crippen LogP contribution is 2.29. The molecule has 2 aromatic rings. The highest BCUT2D eigenvalue weighted by molar-refractivity contribution is 6.33. The first-order chi connectivity index (χ1) is 12.5. The van der Waals surface area contributed by atoms with Gasteiger partial charge in [-0.3, -0.25) is 9.59 Å². The predicted molar refractivity (Wildman–Crippen MR) is 100.0 cm³/mol. The van der Waals surface area contributed by atoms with Crippen LogP contribution in [0.3, 0.4) is 0 Å². The molecule has 0 aliphatic rings. The van der Waals surface area contributed by atoms with Gasteiger partial charge in [-0.05, 0) is 24.3 Å². The van der Waals surface area contributed by atoms with Gasteiger partial charge in [0.05, 0.1) is 31.1 Å². The van der Waals surface area contributed by atoms with Crippen molar-refractivity contribution in [2.24, 2.45) is 5.10 Å². The molecule has 136 valence electrons. The van der Waals surface area contributed by atoms with Gasteiger partial charge in [0, 0.05) is 5.56 Å². The maximum Gasteiger partial charge on any atom is 0.249 e. The number of carbonyl (C=O) groups is 2. The molecule has 0 fully saturated rings. The zero-order valence-electron chi connectivity index (χ0n) is 14.3. The Morgan fingerprint density at radius 2 is 1.85 bits per heavy atom. The van der Waals surface area contributed by atoms with Crippen LogP contribution in [0.4, 0.5) is 5.69 Å². The van der Waals surface area contributed by atoms with E-state index in [0.29, 0.717) is 27.8 Å². The first-order valence-electron chi connectivity index (χ1n) is 7.62. The quantitative estimate of drug-likeness (QED) is 0.442. The van der Waals surface area contributed by atoms with Crippen molar-refractivity contribution in [2.75, 3.05) is 19.5 Å². The van der Waals surface area contributed by atoms with Gasteiger partial charge in [-0.2, -0.15) is 5.10 Å². The number of methoxy groups -OCH3 is 2. The fraction of sp³-hybridized carbons (Fsp3) is 0.167. The number of ether oxygens (including phenoxy) is 2. The third-order valence-electron chi connectivity index (χ3n) is 3.30. The lowest BCUT2D eigenvalue weighted by molar-refractivity contribution is -0.126. The predicted octanol–water partition coefficient (Wildman–Crippen LogP) is 2.84. The minimum Gasteiger partial charge on any atom is -0.493 e. The zero-order valence-corrected chi connectivity index (χ0v) is 15.0. The molecule has 0 saturated carbocycles. The Bertz CT molecular complexity index is 824. The molecular weight excluding hydrogens is 358 g/mol. The number of para-hydroxylation sites is 2. The van der Waals surface area contributed by atoms with Gasteiger partial charge in [-0.15, -0.1) is 0 Å². The molecule has 7 nitrogen and oxygen atoms in total. The Labute approximate surface area is 155 Å². The molecule has 8 heteroatoms. The van der Waals surface area contributed by atoms with Gasteiger partial charge < -0.3 is 14.8 Å². The average Bonchev–Trinajstić information content (AvgIpc) is 2.63. The molecule has 0 bridgehead atoms. The number of benzene rings is 2. The van der Waals surface area contributed by atoms with Crippen molar-refractivity contribution in [1.82, 2.24) is 5.43 Å². The highest BCUT2D eigenvalue weighted by Gasteiger charge is 2.11. The number of hydrazone groups is 1. The number of hydrogen-bond acceptors (Lipinski definition) is 5. The second-order valence-corrected chi connectivity index (χ2v) is 5.49. The van der Waals surface area contributed by atoms with E-state index >= 15 is 0 Å². The van der Waals surface area contributed by atoms with Crippen LogP contribution in [0.25, 0.3) is 0 Å². The fourth-order valence-corrected chi connectivity index (χ4v) is 2.31. The summed E-state index contributed by atoms with van der Waals surface area (Å²) in [5.74, 6) is -0.0243. The van der Waals surface area contributed by atoms with Gasteiger partial charge in [-0.25, -0.2) is 5.43 Å². The van der Waals surface area contributed by atoms with Gasteiger partial charge in [0.2, 0.25) is 11.8 Å². The van der Waals surface area contributed by atoms with E-state index in [1.54, 1.807) is 42.5 Å². The summed E-state index contributed by atoms with van der Waals surface area (Å²) in [4.78, 5) is 23.7. The summed E-state index contributed by atoms with van der Waals surface area (Å²) in [5, 5.41) is 6.79. The molecule has 2 N–H and O–H groups in total. The minimum atomic E-state index is -0.562. The zero-order chi connectivity index (χ0) is 18.9. The Hall–Kier alpha value is -3.06. The van der Waals surface area contributed by atoms with Gasteiger partial charge in [0.15, 0.2) is 11.5 Å². The van der Waals surface area contributed by atoms with Crippen molar-refractivity contribution in [1.29, 1.82) is 0 Å². The third kappa shape index (κ3) is 5.22. The molecule has 0 atom stereocenters. The van der Waals surface area contributed by atoms with Crippen LogP contribution in [-0.2, 0) is 9.59 Å². The normalized spacial score (nSPS) is 10.4. The summed E-state index contributed by atoms with van der Waals surface area (Å²) in [6.45, 7) is 0. The summed E-state index contributed by atoms with van der Waals surface area (Å²) in [6, 6.07) is 12.0. The number of amides is 2. The van der Waals surface area contributed by atoms with E-state index in [0.717, 1.165) is 0 Å². The molecule has 2 amide bonds. The van der Waals surface area contributed by atoms with Crippen molar-refractivity contribution in [3.05, 3.63) is 53.1 Å². The molecule has 0 spiro atoms. The van der Waals surface area contributed by atoms with Crippen molar-refractivity contribution in [3.63, 3.8) is 0 Å². The van der Waals surface area contributed by atoms with Crippen LogP contribution < -0.4 is 20.2 Å². The van der Waals surface area contributed by atoms with Gasteiger partial charge >= 0.3 is 0 Å². The molecular formula is C18H18ClN3O4. The van der Waals surface area contributed by atoms with Gasteiger partial charge in [-0.1, -0.05) is 29.8 Å². The molecule has 0 heterocycles. The topological polar surface area (TPSA) is 89.0 Å². The molecule has 0 aliphatic heterocycles. The standard InChI is InChI=1S/C18H18ClN3O4/c1-25-15-9-5-6-12(18(15)26-2)11-20-22-17(24)10-16(23)21-14-8-4-3-7-13(14)19/h3-9,11H,10H2,1-2H3,(H,21,23)(H,22,24). The highest BCUT2D eigenvalue weighted by atomic mass is 35.5. The summed E-state index contributed by atoms with van der Waals surface area (Å²) >= 11 is 5.95. The van der Waals surface area contributed by atoms with Crippen LogP contribution in [-0.4, -0.2) is 32.2 Å². The molecule has 0 aliphatic carbocycles.